The van der Waals surface area contributed by atoms with Crippen molar-refractivity contribution in [2.24, 2.45) is 0 Å². The van der Waals surface area contributed by atoms with Gasteiger partial charge in [-0.2, -0.15) is 5.10 Å². The molecule has 5 heteroatoms. The summed E-state index contributed by atoms with van der Waals surface area (Å²) in [5.74, 6) is 2.06. The molecule has 0 unspecified atom stereocenters. The molecule has 0 radical (unpaired) electrons. The van der Waals surface area contributed by atoms with Crippen molar-refractivity contribution in [1.82, 2.24) is 10.2 Å². The predicted octanol–water partition coefficient (Wildman–Crippen LogP) is 2.86. The van der Waals surface area contributed by atoms with Crippen LogP contribution in [0.2, 0.25) is 0 Å². The van der Waals surface area contributed by atoms with E-state index in [0.717, 1.165) is 22.8 Å². The van der Waals surface area contributed by atoms with Crippen LogP contribution in [0.15, 0.2) is 36.4 Å². The maximum absolute atomic E-state index is 5.70. The van der Waals surface area contributed by atoms with Gasteiger partial charge >= 0.3 is 0 Å². The third-order valence-corrected chi connectivity index (χ3v) is 3.11. The van der Waals surface area contributed by atoms with Gasteiger partial charge in [-0.25, -0.2) is 0 Å². The zero-order valence-corrected chi connectivity index (χ0v) is 11.8. The maximum atomic E-state index is 5.70. The topological polar surface area (TPSA) is 38.2 Å². The lowest BCUT2D eigenvalue weighted by Crippen LogP contribution is -2.18. The van der Waals surface area contributed by atoms with Crippen LogP contribution in [0, 0.1) is 0 Å². The molecule has 0 saturated heterocycles. The number of nitrogens with zero attached hydrogens (tertiary/aromatic N) is 3. The van der Waals surface area contributed by atoms with Crippen molar-refractivity contribution in [2.75, 3.05) is 19.1 Å². The molecule has 0 saturated carbocycles. The quantitative estimate of drug-likeness (QED) is 0.788. The molecular weight excluding hydrogens is 262 g/mol. The van der Waals surface area contributed by atoms with Gasteiger partial charge in [0.25, 0.3) is 0 Å². The number of hydrogen-bond donors (Lipinski definition) is 0. The maximum Gasteiger partial charge on any atom is 0.151 e. The summed E-state index contributed by atoms with van der Waals surface area (Å²) in [5.41, 5.74) is 1.88. The molecule has 0 spiro atoms. The normalized spacial score (nSPS) is 10.3. The van der Waals surface area contributed by atoms with Gasteiger partial charge in [-0.1, -0.05) is 18.2 Å². The lowest BCUT2D eigenvalue weighted by Gasteiger charge is -2.19. The fraction of sp³-hybridized carbons (Fsp3) is 0.286. The number of anilines is 1. The lowest BCUT2D eigenvalue weighted by atomic mass is 10.2. The Balaban J connectivity index is 2.13. The first-order valence-electron chi connectivity index (χ1n) is 5.96. The van der Waals surface area contributed by atoms with Gasteiger partial charge in [0, 0.05) is 19.2 Å². The van der Waals surface area contributed by atoms with Gasteiger partial charge in [0.2, 0.25) is 0 Å². The first-order chi connectivity index (χ1) is 9.24. The van der Waals surface area contributed by atoms with Crippen LogP contribution in [-0.2, 0) is 12.4 Å². The molecule has 0 fully saturated rings. The molecule has 1 aromatic carbocycles. The van der Waals surface area contributed by atoms with Gasteiger partial charge in [0.15, 0.2) is 5.82 Å². The summed E-state index contributed by atoms with van der Waals surface area (Å²) in [5, 5.41) is 8.20. The zero-order chi connectivity index (χ0) is 13.7. The molecule has 0 aliphatic rings. The third kappa shape index (κ3) is 3.35. The fourth-order valence-electron chi connectivity index (χ4n) is 1.80. The van der Waals surface area contributed by atoms with Crippen molar-refractivity contribution in [3.8, 4) is 5.75 Å². The Morgan fingerprint density at radius 3 is 2.58 bits per heavy atom. The van der Waals surface area contributed by atoms with E-state index in [0.29, 0.717) is 12.4 Å². The third-order valence-electron chi connectivity index (χ3n) is 2.83. The Morgan fingerprint density at radius 1 is 1.16 bits per heavy atom. The second kappa shape index (κ2) is 6.38. The molecular formula is C14H16ClN3O. The number of methoxy groups -OCH3 is 1. The highest BCUT2D eigenvalue weighted by Gasteiger charge is 2.08. The molecule has 0 aliphatic carbocycles. The van der Waals surface area contributed by atoms with Gasteiger partial charge in [0.1, 0.15) is 5.75 Å². The molecule has 0 atom stereocenters. The molecule has 19 heavy (non-hydrogen) atoms. The largest absolute Gasteiger partial charge is 0.496 e. The van der Waals surface area contributed by atoms with Crippen molar-refractivity contribution in [3.63, 3.8) is 0 Å². The molecule has 0 N–H and O–H groups in total. The summed E-state index contributed by atoms with van der Waals surface area (Å²) in [4.78, 5) is 2.02. The minimum atomic E-state index is 0.378. The molecule has 2 rings (SSSR count). The van der Waals surface area contributed by atoms with Crippen LogP contribution in [0.5, 0.6) is 5.75 Å². The van der Waals surface area contributed by atoms with Crippen LogP contribution in [0.3, 0.4) is 0 Å². The molecule has 0 amide bonds. The van der Waals surface area contributed by atoms with Crippen LogP contribution < -0.4 is 9.64 Å². The van der Waals surface area contributed by atoms with E-state index in [1.807, 2.05) is 48.3 Å². The van der Waals surface area contributed by atoms with Crippen molar-refractivity contribution in [1.29, 1.82) is 0 Å². The van der Waals surface area contributed by atoms with E-state index in [4.69, 9.17) is 16.3 Å². The highest BCUT2D eigenvalue weighted by atomic mass is 35.5. The highest BCUT2D eigenvalue weighted by Crippen LogP contribution is 2.20. The molecule has 4 nitrogen and oxygen atoms in total. The van der Waals surface area contributed by atoms with Crippen molar-refractivity contribution < 1.29 is 4.74 Å². The monoisotopic (exact) mass is 277 g/mol. The van der Waals surface area contributed by atoms with Crippen LogP contribution in [-0.4, -0.2) is 24.4 Å². The van der Waals surface area contributed by atoms with Crippen molar-refractivity contribution >= 4 is 17.4 Å². The predicted molar refractivity (Wildman–Crippen MR) is 76.7 cm³/mol. The Kier molecular flexibility index (Phi) is 4.58. The number of rotatable bonds is 5. The number of aromatic nitrogens is 2. The number of hydrogen-bond acceptors (Lipinski definition) is 4. The average Bonchev–Trinajstić information content (AvgIpc) is 2.48. The first kappa shape index (κ1) is 13.6. The summed E-state index contributed by atoms with van der Waals surface area (Å²) in [6.45, 7) is 0.707. The number of benzene rings is 1. The minimum absolute atomic E-state index is 0.378. The minimum Gasteiger partial charge on any atom is -0.496 e. The molecule has 1 heterocycles. The highest BCUT2D eigenvalue weighted by molar-refractivity contribution is 6.16. The zero-order valence-electron chi connectivity index (χ0n) is 11.0. The first-order valence-corrected chi connectivity index (χ1v) is 6.49. The standard InChI is InChI=1S/C14H16ClN3O/c1-18(14-8-7-12(9-15)16-17-14)10-11-5-3-4-6-13(11)19-2/h3-8H,9-10H2,1-2H3. The molecule has 100 valence electrons. The second-order valence-corrected chi connectivity index (χ2v) is 4.45. The fourth-order valence-corrected chi connectivity index (χ4v) is 1.94. The summed E-state index contributed by atoms with van der Waals surface area (Å²) in [6, 6.07) is 11.7. The van der Waals surface area contributed by atoms with E-state index < -0.39 is 0 Å². The van der Waals surface area contributed by atoms with Crippen LogP contribution in [0.1, 0.15) is 11.3 Å². The van der Waals surface area contributed by atoms with Gasteiger partial charge in [0.05, 0.1) is 18.7 Å². The number of alkyl halides is 1. The molecule has 1 aromatic heterocycles. The molecule has 0 bridgehead atoms. The molecule has 2 aromatic rings. The van der Waals surface area contributed by atoms with Gasteiger partial charge in [-0.15, -0.1) is 16.7 Å². The van der Waals surface area contributed by atoms with E-state index in [9.17, 15) is 0 Å². The summed E-state index contributed by atoms with van der Waals surface area (Å²) >= 11 is 5.70. The Morgan fingerprint density at radius 2 is 1.95 bits per heavy atom. The van der Waals surface area contributed by atoms with Gasteiger partial charge in [-0.3, -0.25) is 0 Å². The number of halogens is 1. The number of para-hydroxylation sites is 1. The van der Waals surface area contributed by atoms with Crippen LogP contribution in [0.4, 0.5) is 5.82 Å². The second-order valence-electron chi connectivity index (χ2n) is 4.18. The van der Waals surface area contributed by atoms with E-state index in [1.165, 1.54) is 0 Å². The number of ether oxygens (including phenoxy) is 1. The molecule has 0 aliphatic heterocycles. The van der Waals surface area contributed by atoms with Crippen molar-refractivity contribution in [2.45, 2.75) is 12.4 Å². The Bertz CT molecular complexity index is 530. The van der Waals surface area contributed by atoms with Crippen LogP contribution >= 0.6 is 11.6 Å². The van der Waals surface area contributed by atoms with E-state index >= 15 is 0 Å². The van der Waals surface area contributed by atoms with Crippen molar-refractivity contribution in [3.05, 3.63) is 47.7 Å². The van der Waals surface area contributed by atoms with Gasteiger partial charge in [-0.05, 0) is 18.2 Å². The van der Waals surface area contributed by atoms with E-state index in [1.54, 1.807) is 7.11 Å². The smallest absolute Gasteiger partial charge is 0.151 e. The summed E-state index contributed by atoms with van der Waals surface area (Å²) in [6.07, 6.45) is 0. The Hall–Kier alpha value is -1.81. The SMILES string of the molecule is COc1ccccc1CN(C)c1ccc(CCl)nn1. The lowest BCUT2D eigenvalue weighted by molar-refractivity contribution is 0.409. The summed E-state index contributed by atoms with van der Waals surface area (Å²) in [7, 11) is 3.64. The average molecular weight is 278 g/mol. The summed E-state index contributed by atoms with van der Waals surface area (Å²) < 4.78 is 5.34. The van der Waals surface area contributed by atoms with E-state index in [2.05, 4.69) is 10.2 Å². The van der Waals surface area contributed by atoms with E-state index in [-0.39, 0.29) is 0 Å². The van der Waals surface area contributed by atoms with Crippen LogP contribution in [0.25, 0.3) is 0 Å². The van der Waals surface area contributed by atoms with Gasteiger partial charge < -0.3 is 9.64 Å². The Labute approximate surface area is 118 Å².